The van der Waals surface area contributed by atoms with Gasteiger partial charge in [-0.3, -0.25) is 4.79 Å². The molecule has 0 amide bonds. The Morgan fingerprint density at radius 1 is 0.738 bits per heavy atom. The van der Waals surface area contributed by atoms with Gasteiger partial charge in [0, 0.05) is 6.54 Å². The van der Waals surface area contributed by atoms with Crippen molar-refractivity contribution in [1.29, 1.82) is 0 Å². The van der Waals surface area contributed by atoms with Crippen LogP contribution in [0, 0.1) is 11.8 Å². The maximum atomic E-state index is 12.4. The highest BCUT2D eigenvalue weighted by molar-refractivity contribution is 5.76. The van der Waals surface area contributed by atoms with Crippen molar-refractivity contribution < 1.29 is 52.3 Å². The number of nitrogens with one attached hydrogen (secondary N) is 1. The summed E-state index contributed by atoms with van der Waals surface area (Å²) in [6.07, 6.45) is 1.46. The van der Waals surface area contributed by atoms with Gasteiger partial charge in [-0.25, -0.2) is 14.4 Å². The molecule has 238 valence electrons. The van der Waals surface area contributed by atoms with Gasteiger partial charge < -0.3 is 38.5 Å². The van der Waals surface area contributed by atoms with E-state index in [1.165, 1.54) is 19.2 Å². The van der Waals surface area contributed by atoms with E-state index in [4.69, 9.17) is 33.2 Å². The Morgan fingerprint density at radius 2 is 1.31 bits per heavy atom. The summed E-state index contributed by atoms with van der Waals surface area (Å²) in [5.41, 5.74) is 0.555. The first-order valence-electron chi connectivity index (χ1n) is 14.5. The van der Waals surface area contributed by atoms with E-state index >= 15 is 0 Å². The van der Waals surface area contributed by atoms with E-state index < -0.39 is 30.5 Å². The second kappa shape index (κ2) is 21.2. The second-order valence-corrected chi connectivity index (χ2v) is 10.4. The summed E-state index contributed by atoms with van der Waals surface area (Å²) in [5.74, 6) is -0.0287. The van der Waals surface area contributed by atoms with Crippen LogP contribution in [0.5, 0.6) is 11.5 Å². The predicted molar refractivity (Wildman–Crippen MR) is 154 cm³/mol. The molecule has 12 nitrogen and oxygen atoms in total. The highest BCUT2D eigenvalue weighted by atomic mass is 16.7. The van der Waals surface area contributed by atoms with Gasteiger partial charge >= 0.3 is 24.4 Å². The van der Waals surface area contributed by atoms with Crippen LogP contribution >= 0.6 is 0 Å². The summed E-state index contributed by atoms with van der Waals surface area (Å²) in [6, 6.07) is 3.68. The zero-order valence-corrected chi connectivity index (χ0v) is 25.7. The highest BCUT2D eigenvalue weighted by Crippen LogP contribution is 2.30. The van der Waals surface area contributed by atoms with Gasteiger partial charge in [0.05, 0.1) is 26.9 Å². The van der Waals surface area contributed by atoms with Crippen molar-refractivity contribution in [2.75, 3.05) is 40.1 Å². The van der Waals surface area contributed by atoms with E-state index in [1.807, 2.05) is 34.6 Å². The number of rotatable bonds is 19. The maximum absolute atomic E-state index is 12.4. The van der Waals surface area contributed by atoms with Gasteiger partial charge in [0.15, 0.2) is 11.5 Å². The summed E-state index contributed by atoms with van der Waals surface area (Å²) >= 11 is 0. The number of methoxy groups -OCH3 is 1. The minimum absolute atomic E-state index is 0.0254. The lowest BCUT2D eigenvalue weighted by Crippen LogP contribution is -2.41. The third-order valence-corrected chi connectivity index (χ3v) is 5.83. The van der Waals surface area contributed by atoms with Crippen molar-refractivity contribution in [2.45, 2.75) is 79.2 Å². The number of hydrogen-bond acceptors (Lipinski definition) is 12. The molecule has 0 fully saturated rings. The highest BCUT2D eigenvalue weighted by Gasteiger charge is 2.22. The van der Waals surface area contributed by atoms with E-state index in [0.717, 1.165) is 19.3 Å². The van der Waals surface area contributed by atoms with Crippen LogP contribution in [0.15, 0.2) is 18.2 Å². The molecule has 0 saturated carbocycles. The van der Waals surface area contributed by atoms with E-state index in [-0.39, 0.29) is 50.9 Å². The van der Waals surface area contributed by atoms with Gasteiger partial charge in [0.2, 0.25) is 0 Å². The molecule has 0 spiro atoms. The lowest BCUT2D eigenvalue weighted by Gasteiger charge is -2.18. The largest absolute Gasteiger partial charge is 0.513 e. The SMILES string of the molecule is CCCCCOC(=O)OCCN[C@@H](Cc1ccc(OC(=O)OCCC(C)C)c(OC(=O)OCCC(C)C)c1)C(=O)OC. The van der Waals surface area contributed by atoms with Crippen molar-refractivity contribution in [3.05, 3.63) is 23.8 Å². The topological polar surface area (TPSA) is 145 Å². The van der Waals surface area contributed by atoms with Crippen LogP contribution in [0.1, 0.15) is 72.3 Å². The van der Waals surface area contributed by atoms with Gasteiger partial charge in [0.1, 0.15) is 12.6 Å². The summed E-state index contributed by atoms with van der Waals surface area (Å²) in [7, 11) is 1.25. The molecule has 0 aliphatic heterocycles. The molecule has 0 saturated heterocycles. The van der Waals surface area contributed by atoms with Crippen LogP contribution in [0.3, 0.4) is 0 Å². The Kier molecular flexibility index (Phi) is 18.4. The molecule has 0 heterocycles. The fourth-order valence-corrected chi connectivity index (χ4v) is 3.37. The Labute approximate surface area is 248 Å². The molecule has 0 aliphatic carbocycles. The summed E-state index contributed by atoms with van der Waals surface area (Å²) in [5, 5.41) is 2.98. The number of unbranched alkanes of at least 4 members (excludes halogenated alkanes) is 2. The number of hydrogen-bond donors (Lipinski definition) is 1. The fourth-order valence-electron chi connectivity index (χ4n) is 3.37. The smallest absolute Gasteiger partial charge is 0.468 e. The minimum atomic E-state index is -0.966. The van der Waals surface area contributed by atoms with E-state index in [2.05, 4.69) is 5.32 Å². The molecule has 1 atom stereocenters. The second-order valence-electron chi connectivity index (χ2n) is 10.4. The number of carbonyl (C=O) groups is 4. The summed E-state index contributed by atoms with van der Waals surface area (Å²) in [4.78, 5) is 48.7. The Balaban J connectivity index is 2.89. The molecule has 0 unspecified atom stereocenters. The summed E-state index contributed by atoms with van der Waals surface area (Å²) < 4.78 is 35.8. The molecule has 42 heavy (non-hydrogen) atoms. The van der Waals surface area contributed by atoms with Gasteiger partial charge in [-0.05, 0) is 55.2 Å². The zero-order chi connectivity index (χ0) is 31.3. The number of esters is 1. The quantitative estimate of drug-likeness (QED) is 0.0886. The van der Waals surface area contributed by atoms with Crippen LogP contribution in [0.2, 0.25) is 0 Å². The summed E-state index contributed by atoms with van der Waals surface area (Å²) in [6.45, 7) is 10.8. The molecule has 1 N–H and O–H groups in total. The molecule has 0 aliphatic rings. The van der Waals surface area contributed by atoms with Crippen LogP contribution in [-0.4, -0.2) is 70.6 Å². The van der Waals surface area contributed by atoms with E-state index in [0.29, 0.717) is 30.2 Å². The molecule has 1 rings (SSSR count). The Hall–Kier alpha value is -3.54. The number of carbonyl (C=O) groups excluding carboxylic acids is 4. The number of ether oxygens (including phenoxy) is 7. The molecule has 0 radical (unpaired) electrons. The fraction of sp³-hybridized carbons (Fsp3) is 0.667. The van der Waals surface area contributed by atoms with E-state index in [1.54, 1.807) is 6.07 Å². The first kappa shape index (κ1) is 36.5. The van der Waals surface area contributed by atoms with Gasteiger partial charge in [-0.2, -0.15) is 0 Å². The standard InChI is InChI=1S/C30H47NO11/c1-7-8-9-15-37-28(33)40-18-14-31-24(27(32)36-6)19-23-10-11-25(41-29(34)38-16-12-21(2)3)26(20-23)42-30(35)39-17-13-22(4)5/h10-11,20-22,24,31H,7-9,12-19H2,1-6H3/t24-/m0/s1. The third kappa shape index (κ3) is 16.7. The Bertz CT molecular complexity index is 965. The average molecular weight is 598 g/mol. The lowest BCUT2D eigenvalue weighted by molar-refractivity contribution is -0.143. The van der Waals surface area contributed by atoms with Crippen LogP contribution in [0.25, 0.3) is 0 Å². The van der Waals surface area contributed by atoms with Gasteiger partial charge in [0.25, 0.3) is 0 Å². The molecule has 1 aromatic rings. The van der Waals surface area contributed by atoms with Crippen LogP contribution in [0.4, 0.5) is 14.4 Å². The van der Waals surface area contributed by atoms with Crippen LogP contribution in [-0.2, 0) is 34.9 Å². The van der Waals surface area contributed by atoms with E-state index in [9.17, 15) is 19.2 Å². The lowest BCUT2D eigenvalue weighted by atomic mass is 10.1. The first-order valence-corrected chi connectivity index (χ1v) is 14.5. The minimum Gasteiger partial charge on any atom is -0.468 e. The van der Waals surface area contributed by atoms with Gasteiger partial charge in [-0.15, -0.1) is 0 Å². The monoisotopic (exact) mass is 597 g/mol. The van der Waals surface area contributed by atoms with Crippen molar-refractivity contribution in [3.8, 4) is 11.5 Å². The van der Waals surface area contributed by atoms with Crippen LogP contribution < -0.4 is 14.8 Å². The number of benzene rings is 1. The molecular formula is C30H47NO11. The van der Waals surface area contributed by atoms with Gasteiger partial charge in [-0.1, -0.05) is 53.5 Å². The molecule has 0 bridgehead atoms. The third-order valence-electron chi connectivity index (χ3n) is 5.83. The molecule has 0 aromatic heterocycles. The first-order chi connectivity index (χ1) is 20.0. The maximum Gasteiger partial charge on any atom is 0.513 e. The average Bonchev–Trinajstić information content (AvgIpc) is 2.93. The Morgan fingerprint density at radius 3 is 1.88 bits per heavy atom. The van der Waals surface area contributed by atoms with Crippen molar-refractivity contribution in [3.63, 3.8) is 0 Å². The predicted octanol–water partition coefficient (Wildman–Crippen LogP) is 5.83. The normalized spacial score (nSPS) is 11.5. The molecule has 12 heteroatoms. The molecular weight excluding hydrogens is 550 g/mol. The van der Waals surface area contributed by atoms with Crippen molar-refractivity contribution in [2.24, 2.45) is 11.8 Å². The van der Waals surface area contributed by atoms with Crippen molar-refractivity contribution >= 4 is 24.4 Å². The van der Waals surface area contributed by atoms with Crippen molar-refractivity contribution in [1.82, 2.24) is 5.32 Å². The zero-order valence-electron chi connectivity index (χ0n) is 25.7. The molecule has 1 aromatic carbocycles.